The van der Waals surface area contributed by atoms with Gasteiger partial charge in [0.2, 0.25) is 5.91 Å². The third kappa shape index (κ3) is 4.44. The van der Waals surface area contributed by atoms with Crippen LogP contribution >= 0.6 is 0 Å². The average Bonchev–Trinajstić information content (AvgIpc) is 2.54. The van der Waals surface area contributed by atoms with Crippen LogP contribution in [0.2, 0.25) is 0 Å². The normalized spacial score (nSPS) is 23.5. The van der Waals surface area contributed by atoms with Crippen molar-refractivity contribution in [3.8, 4) is 5.75 Å². The molecule has 0 spiro atoms. The van der Waals surface area contributed by atoms with Crippen LogP contribution in [0.25, 0.3) is 0 Å². The highest BCUT2D eigenvalue weighted by atomic mass is 16.6. The molecule has 0 radical (unpaired) electrons. The van der Waals surface area contributed by atoms with Crippen molar-refractivity contribution in [3.63, 3.8) is 0 Å². The number of methoxy groups -OCH3 is 1. The molecular formula is C17H25N3O4. The number of anilines is 1. The molecule has 0 bridgehead atoms. The highest BCUT2D eigenvalue weighted by Gasteiger charge is 2.27. The molecule has 2 rings (SSSR count). The minimum Gasteiger partial charge on any atom is -0.496 e. The number of rotatable bonds is 6. The van der Waals surface area contributed by atoms with Gasteiger partial charge in [0.05, 0.1) is 24.6 Å². The number of carbonyl (C=O) groups is 1. The first-order valence-electron chi connectivity index (χ1n) is 8.28. The van der Waals surface area contributed by atoms with Crippen molar-refractivity contribution < 1.29 is 14.5 Å². The van der Waals surface area contributed by atoms with Crippen LogP contribution in [0.3, 0.4) is 0 Å². The fraction of sp³-hybridized carbons (Fsp3) is 0.588. The van der Waals surface area contributed by atoms with Gasteiger partial charge in [-0.2, -0.15) is 0 Å². The predicted molar refractivity (Wildman–Crippen MR) is 92.2 cm³/mol. The number of nitrogens with zero attached hydrogens (tertiary/aromatic N) is 1. The van der Waals surface area contributed by atoms with Crippen LogP contribution in [0.5, 0.6) is 5.75 Å². The van der Waals surface area contributed by atoms with E-state index >= 15 is 0 Å². The van der Waals surface area contributed by atoms with Gasteiger partial charge in [-0.25, -0.2) is 0 Å². The predicted octanol–water partition coefficient (Wildman–Crippen LogP) is 2.96. The molecule has 0 heterocycles. The number of amides is 1. The van der Waals surface area contributed by atoms with Gasteiger partial charge < -0.3 is 15.4 Å². The van der Waals surface area contributed by atoms with Gasteiger partial charge in [0, 0.05) is 6.04 Å². The molecular weight excluding hydrogens is 310 g/mol. The molecule has 24 heavy (non-hydrogen) atoms. The first-order chi connectivity index (χ1) is 11.4. The Hall–Kier alpha value is -2.15. The highest BCUT2D eigenvalue weighted by Crippen LogP contribution is 2.30. The SMILES string of the molecule is COc1ccc(NC(=O)CNC2C(C)CCCC2C)c([N+](=O)[O-])c1. The van der Waals surface area contributed by atoms with Crippen LogP contribution in [-0.2, 0) is 4.79 Å². The second-order valence-corrected chi connectivity index (χ2v) is 6.48. The summed E-state index contributed by atoms with van der Waals surface area (Å²) in [6.45, 7) is 4.53. The van der Waals surface area contributed by atoms with E-state index in [4.69, 9.17) is 4.74 Å². The fourth-order valence-electron chi connectivity index (χ4n) is 3.38. The maximum atomic E-state index is 12.2. The average molecular weight is 335 g/mol. The van der Waals surface area contributed by atoms with Crippen molar-refractivity contribution in [3.05, 3.63) is 28.3 Å². The summed E-state index contributed by atoms with van der Waals surface area (Å²) in [5.41, 5.74) is -0.000515. The number of nitro benzene ring substituents is 1. The van der Waals surface area contributed by atoms with Gasteiger partial charge in [-0.15, -0.1) is 0 Å². The van der Waals surface area contributed by atoms with Crippen LogP contribution in [0.4, 0.5) is 11.4 Å². The molecule has 1 aromatic carbocycles. The van der Waals surface area contributed by atoms with E-state index in [0.717, 1.165) is 12.8 Å². The summed E-state index contributed by atoms with van der Waals surface area (Å²) in [5, 5.41) is 17.1. The number of ether oxygens (including phenoxy) is 1. The van der Waals surface area contributed by atoms with Gasteiger partial charge in [-0.05, 0) is 36.8 Å². The van der Waals surface area contributed by atoms with Crippen molar-refractivity contribution in [1.29, 1.82) is 0 Å². The molecule has 1 saturated carbocycles. The van der Waals surface area contributed by atoms with Crippen molar-refractivity contribution in [1.82, 2.24) is 5.32 Å². The zero-order valence-electron chi connectivity index (χ0n) is 14.4. The molecule has 0 aromatic heterocycles. The molecule has 1 aliphatic rings. The van der Waals surface area contributed by atoms with Crippen LogP contribution < -0.4 is 15.4 Å². The first-order valence-corrected chi connectivity index (χ1v) is 8.28. The van der Waals surface area contributed by atoms with E-state index in [1.807, 2.05) is 0 Å². The maximum Gasteiger partial charge on any atom is 0.296 e. The summed E-state index contributed by atoms with van der Waals surface area (Å²) in [5.74, 6) is 1.14. The Morgan fingerprint density at radius 1 is 1.33 bits per heavy atom. The van der Waals surface area contributed by atoms with Gasteiger partial charge in [-0.1, -0.05) is 20.3 Å². The summed E-state index contributed by atoms with van der Waals surface area (Å²) in [6, 6.07) is 4.67. The molecule has 2 unspecified atom stereocenters. The minimum atomic E-state index is -0.531. The Bertz CT molecular complexity index is 595. The maximum absolute atomic E-state index is 12.2. The zero-order chi connectivity index (χ0) is 17.7. The molecule has 1 aliphatic carbocycles. The smallest absolute Gasteiger partial charge is 0.296 e. The number of benzene rings is 1. The second kappa shape index (κ2) is 8.10. The van der Waals surface area contributed by atoms with E-state index in [1.165, 1.54) is 25.7 Å². The van der Waals surface area contributed by atoms with Crippen LogP contribution in [0, 0.1) is 22.0 Å². The Morgan fingerprint density at radius 2 is 2.00 bits per heavy atom. The van der Waals surface area contributed by atoms with Crippen LogP contribution in [-0.4, -0.2) is 30.5 Å². The zero-order valence-corrected chi connectivity index (χ0v) is 14.4. The van der Waals surface area contributed by atoms with Crippen molar-refractivity contribution >= 4 is 17.3 Å². The van der Waals surface area contributed by atoms with Crippen LogP contribution in [0.1, 0.15) is 33.1 Å². The Balaban J connectivity index is 1.98. The van der Waals surface area contributed by atoms with E-state index in [0.29, 0.717) is 23.6 Å². The number of carbonyl (C=O) groups excluding carboxylic acids is 1. The standard InChI is InChI=1S/C17H25N3O4/c1-11-5-4-6-12(2)17(11)18-10-16(21)19-14-8-7-13(24-3)9-15(14)20(22)23/h7-9,11-12,17-18H,4-6,10H2,1-3H3,(H,19,21). The molecule has 1 aromatic rings. The molecule has 7 heteroatoms. The third-order valence-electron chi connectivity index (χ3n) is 4.72. The van der Waals surface area contributed by atoms with E-state index in [2.05, 4.69) is 24.5 Å². The number of hydrogen-bond donors (Lipinski definition) is 2. The lowest BCUT2D eigenvalue weighted by Gasteiger charge is -2.35. The van der Waals surface area contributed by atoms with Gasteiger partial charge >= 0.3 is 0 Å². The van der Waals surface area contributed by atoms with Crippen molar-refractivity contribution in [2.75, 3.05) is 19.0 Å². The summed E-state index contributed by atoms with van der Waals surface area (Å²) in [6.07, 6.45) is 3.55. The molecule has 1 amide bonds. The molecule has 1 fully saturated rings. The second-order valence-electron chi connectivity index (χ2n) is 6.48. The number of nitro groups is 1. The van der Waals surface area contributed by atoms with Gasteiger partial charge in [0.1, 0.15) is 11.4 Å². The molecule has 2 N–H and O–H groups in total. The quantitative estimate of drug-likeness (QED) is 0.616. The summed E-state index contributed by atoms with van der Waals surface area (Å²) in [7, 11) is 1.44. The molecule has 132 valence electrons. The molecule has 2 atom stereocenters. The molecule has 0 saturated heterocycles. The molecule has 0 aliphatic heterocycles. The summed E-state index contributed by atoms with van der Waals surface area (Å²) >= 11 is 0. The lowest BCUT2D eigenvalue weighted by Crippen LogP contribution is -2.45. The number of nitrogens with one attached hydrogen (secondary N) is 2. The minimum absolute atomic E-state index is 0.141. The first kappa shape index (κ1) is 18.2. The lowest BCUT2D eigenvalue weighted by molar-refractivity contribution is -0.384. The molecule has 7 nitrogen and oxygen atoms in total. The Morgan fingerprint density at radius 3 is 2.58 bits per heavy atom. The fourth-order valence-corrected chi connectivity index (χ4v) is 3.38. The van der Waals surface area contributed by atoms with E-state index in [9.17, 15) is 14.9 Å². The largest absolute Gasteiger partial charge is 0.496 e. The number of hydrogen-bond acceptors (Lipinski definition) is 5. The van der Waals surface area contributed by atoms with Crippen molar-refractivity contribution in [2.45, 2.75) is 39.2 Å². The Labute approximate surface area is 141 Å². The van der Waals surface area contributed by atoms with E-state index in [1.54, 1.807) is 6.07 Å². The van der Waals surface area contributed by atoms with Gasteiger partial charge in [-0.3, -0.25) is 14.9 Å². The van der Waals surface area contributed by atoms with Crippen molar-refractivity contribution in [2.24, 2.45) is 11.8 Å². The monoisotopic (exact) mass is 335 g/mol. The van der Waals surface area contributed by atoms with Crippen LogP contribution in [0.15, 0.2) is 18.2 Å². The van der Waals surface area contributed by atoms with Gasteiger partial charge in [0.15, 0.2) is 0 Å². The highest BCUT2D eigenvalue weighted by molar-refractivity contribution is 5.94. The van der Waals surface area contributed by atoms with E-state index in [-0.39, 0.29) is 23.8 Å². The Kier molecular flexibility index (Phi) is 6.14. The third-order valence-corrected chi connectivity index (χ3v) is 4.72. The summed E-state index contributed by atoms with van der Waals surface area (Å²) in [4.78, 5) is 22.8. The lowest BCUT2D eigenvalue weighted by atomic mass is 9.79. The topological polar surface area (TPSA) is 93.5 Å². The van der Waals surface area contributed by atoms with E-state index < -0.39 is 4.92 Å². The van der Waals surface area contributed by atoms with Gasteiger partial charge in [0.25, 0.3) is 5.69 Å². The summed E-state index contributed by atoms with van der Waals surface area (Å²) < 4.78 is 4.99.